The fraction of sp³-hybridized carbons (Fsp3) is 0.190. The summed E-state index contributed by atoms with van der Waals surface area (Å²) >= 11 is 5.90. The zero-order valence-corrected chi connectivity index (χ0v) is 16.2. The Morgan fingerprint density at radius 1 is 1.21 bits per heavy atom. The molecule has 2 rings (SSSR count). The normalized spacial score (nSPS) is 10.7. The van der Waals surface area contributed by atoms with Gasteiger partial charge in [-0.2, -0.15) is 5.26 Å². The van der Waals surface area contributed by atoms with Crippen molar-refractivity contribution in [2.45, 2.75) is 13.8 Å². The van der Waals surface area contributed by atoms with E-state index in [4.69, 9.17) is 21.1 Å². The molecule has 2 aromatic carbocycles. The number of halogens is 1. The van der Waals surface area contributed by atoms with E-state index in [0.717, 1.165) is 5.56 Å². The summed E-state index contributed by atoms with van der Waals surface area (Å²) in [7, 11) is 0. The van der Waals surface area contributed by atoms with Crippen LogP contribution in [0.15, 0.2) is 48.0 Å². The Labute approximate surface area is 168 Å². The van der Waals surface area contributed by atoms with Crippen LogP contribution in [-0.4, -0.2) is 25.1 Å². The Morgan fingerprint density at radius 3 is 2.57 bits per heavy atom. The van der Waals surface area contributed by atoms with Crippen LogP contribution in [0.1, 0.15) is 18.1 Å². The standard InChI is InChI=1S/C21H19ClN2O4/c1-3-27-18-8-5-15(6-9-18)10-16(12-23)21(26)28-13-20(25)24-19-11-17(22)7-4-14(19)2/h4-11H,3,13H2,1-2H3,(H,24,25)/b16-10+. The molecule has 144 valence electrons. The van der Waals surface area contributed by atoms with Crippen LogP contribution in [0.2, 0.25) is 5.02 Å². The Bertz CT molecular complexity index is 930. The molecule has 0 unspecified atom stereocenters. The maximum atomic E-state index is 12.1. The second kappa shape index (κ2) is 10.1. The molecule has 0 atom stereocenters. The van der Waals surface area contributed by atoms with E-state index in [1.165, 1.54) is 6.08 Å². The van der Waals surface area contributed by atoms with Gasteiger partial charge in [0.05, 0.1) is 6.61 Å². The van der Waals surface area contributed by atoms with Gasteiger partial charge in [0.15, 0.2) is 6.61 Å². The van der Waals surface area contributed by atoms with E-state index in [0.29, 0.717) is 28.6 Å². The number of aryl methyl sites for hydroxylation is 1. The highest BCUT2D eigenvalue weighted by molar-refractivity contribution is 6.31. The maximum Gasteiger partial charge on any atom is 0.349 e. The number of nitrogens with zero attached hydrogens (tertiary/aromatic N) is 1. The number of benzene rings is 2. The number of amides is 1. The lowest BCUT2D eigenvalue weighted by Crippen LogP contribution is -2.21. The van der Waals surface area contributed by atoms with E-state index in [1.54, 1.807) is 48.5 Å². The number of esters is 1. The minimum absolute atomic E-state index is 0.212. The van der Waals surface area contributed by atoms with Crippen molar-refractivity contribution in [2.24, 2.45) is 0 Å². The molecular formula is C21H19ClN2O4. The van der Waals surface area contributed by atoms with Crippen LogP contribution in [-0.2, 0) is 14.3 Å². The molecule has 0 aliphatic heterocycles. The molecule has 0 spiro atoms. The molecule has 0 radical (unpaired) electrons. The predicted octanol–water partition coefficient (Wildman–Crippen LogP) is 4.14. The van der Waals surface area contributed by atoms with Crippen molar-refractivity contribution >= 4 is 35.2 Å². The minimum Gasteiger partial charge on any atom is -0.494 e. The molecule has 0 bridgehead atoms. The van der Waals surface area contributed by atoms with Crippen molar-refractivity contribution < 1.29 is 19.1 Å². The van der Waals surface area contributed by atoms with Crippen molar-refractivity contribution in [3.8, 4) is 11.8 Å². The third kappa shape index (κ3) is 6.15. The highest BCUT2D eigenvalue weighted by Crippen LogP contribution is 2.20. The van der Waals surface area contributed by atoms with Gasteiger partial charge in [-0.25, -0.2) is 4.79 Å². The first kappa shape index (κ1) is 21.0. The third-order valence-corrected chi connectivity index (χ3v) is 3.89. The van der Waals surface area contributed by atoms with Gasteiger partial charge < -0.3 is 14.8 Å². The lowest BCUT2D eigenvalue weighted by atomic mass is 10.1. The monoisotopic (exact) mass is 398 g/mol. The average Bonchev–Trinajstić information content (AvgIpc) is 2.68. The van der Waals surface area contributed by atoms with Crippen LogP contribution >= 0.6 is 11.6 Å². The molecule has 1 amide bonds. The van der Waals surface area contributed by atoms with Crippen LogP contribution in [0.3, 0.4) is 0 Å². The van der Waals surface area contributed by atoms with Crippen molar-refractivity contribution in [3.63, 3.8) is 0 Å². The molecule has 0 saturated heterocycles. The number of nitrogens with one attached hydrogen (secondary N) is 1. The van der Waals surface area contributed by atoms with Gasteiger partial charge in [0, 0.05) is 10.7 Å². The van der Waals surface area contributed by atoms with E-state index < -0.39 is 18.5 Å². The largest absolute Gasteiger partial charge is 0.494 e. The topological polar surface area (TPSA) is 88.4 Å². The zero-order chi connectivity index (χ0) is 20.5. The SMILES string of the molecule is CCOc1ccc(/C=C(\C#N)C(=O)OCC(=O)Nc2cc(Cl)ccc2C)cc1. The van der Waals surface area contributed by atoms with Crippen molar-refractivity contribution in [3.05, 3.63) is 64.2 Å². The third-order valence-electron chi connectivity index (χ3n) is 3.65. The second-order valence-electron chi connectivity index (χ2n) is 5.76. The van der Waals surface area contributed by atoms with E-state index in [9.17, 15) is 14.9 Å². The summed E-state index contributed by atoms with van der Waals surface area (Å²) in [4.78, 5) is 24.1. The summed E-state index contributed by atoms with van der Waals surface area (Å²) in [6.45, 7) is 3.71. The number of ether oxygens (including phenoxy) is 2. The molecule has 0 aliphatic carbocycles. The molecule has 1 N–H and O–H groups in total. The first-order valence-corrected chi connectivity index (χ1v) is 8.88. The maximum absolute atomic E-state index is 12.1. The number of hydrogen-bond donors (Lipinski definition) is 1. The zero-order valence-electron chi connectivity index (χ0n) is 15.5. The molecule has 0 aliphatic rings. The predicted molar refractivity (Wildman–Crippen MR) is 107 cm³/mol. The molecule has 0 fully saturated rings. The molecule has 28 heavy (non-hydrogen) atoms. The summed E-state index contributed by atoms with van der Waals surface area (Å²) in [5.74, 6) is -0.722. The van der Waals surface area contributed by atoms with Crippen molar-refractivity contribution in [2.75, 3.05) is 18.5 Å². The summed E-state index contributed by atoms with van der Waals surface area (Å²) in [5, 5.41) is 12.3. The number of nitriles is 1. The number of anilines is 1. The first-order chi connectivity index (χ1) is 13.4. The van der Waals surface area contributed by atoms with Crippen LogP contribution in [0.25, 0.3) is 6.08 Å². The summed E-state index contributed by atoms with van der Waals surface area (Å²) < 4.78 is 10.3. The van der Waals surface area contributed by atoms with Crippen LogP contribution in [0, 0.1) is 18.3 Å². The molecule has 0 heterocycles. The minimum atomic E-state index is -0.880. The quantitative estimate of drug-likeness (QED) is 0.430. The second-order valence-corrected chi connectivity index (χ2v) is 6.19. The van der Waals surface area contributed by atoms with Gasteiger partial charge in [-0.05, 0) is 55.3 Å². The van der Waals surface area contributed by atoms with Crippen LogP contribution in [0.5, 0.6) is 5.75 Å². The molecule has 2 aromatic rings. The number of carbonyl (C=O) groups is 2. The summed E-state index contributed by atoms with van der Waals surface area (Å²) in [5.41, 5.74) is 1.77. The molecule has 6 nitrogen and oxygen atoms in total. The van der Waals surface area contributed by atoms with Crippen LogP contribution < -0.4 is 10.1 Å². The molecule has 7 heteroatoms. The van der Waals surface area contributed by atoms with Gasteiger partial charge in [0.25, 0.3) is 5.91 Å². The highest BCUT2D eigenvalue weighted by Gasteiger charge is 2.14. The molecule has 0 aromatic heterocycles. The van der Waals surface area contributed by atoms with Gasteiger partial charge in [0.2, 0.25) is 0 Å². The number of hydrogen-bond acceptors (Lipinski definition) is 5. The number of rotatable bonds is 7. The Morgan fingerprint density at radius 2 is 1.93 bits per heavy atom. The van der Waals surface area contributed by atoms with E-state index in [1.807, 2.05) is 13.8 Å². The highest BCUT2D eigenvalue weighted by atomic mass is 35.5. The lowest BCUT2D eigenvalue weighted by Gasteiger charge is -2.09. The van der Waals surface area contributed by atoms with Crippen molar-refractivity contribution in [1.29, 1.82) is 5.26 Å². The van der Waals surface area contributed by atoms with E-state index in [2.05, 4.69) is 5.32 Å². The van der Waals surface area contributed by atoms with Crippen molar-refractivity contribution in [1.82, 2.24) is 0 Å². The van der Waals surface area contributed by atoms with E-state index in [-0.39, 0.29) is 5.57 Å². The Kier molecular flexibility index (Phi) is 7.61. The summed E-state index contributed by atoms with van der Waals surface area (Å²) in [6.07, 6.45) is 1.39. The lowest BCUT2D eigenvalue weighted by molar-refractivity contribution is -0.142. The average molecular weight is 399 g/mol. The fourth-order valence-corrected chi connectivity index (χ4v) is 2.43. The molecular weight excluding hydrogens is 380 g/mol. The smallest absolute Gasteiger partial charge is 0.349 e. The Hall–Kier alpha value is -3.30. The van der Waals surface area contributed by atoms with Crippen LogP contribution in [0.4, 0.5) is 5.69 Å². The van der Waals surface area contributed by atoms with Gasteiger partial charge in [-0.3, -0.25) is 4.79 Å². The Balaban J connectivity index is 1.97. The summed E-state index contributed by atoms with van der Waals surface area (Å²) in [6, 6.07) is 13.7. The van der Waals surface area contributed by atoms with E-state index >= 15 is 0 Å². The fourth-order valence-electron chi connectivity index (χ4n) is 2.25. The van der Waals surface area contributed by atoms with Gasteiger partial charge >= 0.3 is 5.97 Å². The van der Waals surface area contributed by atoms with Gasteiger partial charge in [-0.1, -0.05) is 29.8 Å². The number of carbonyl (C=O) groups excluding carboxylic acids is 2. The molecule has 0 saturated carbocycles. The van der Waals surface area contributed by atoms with Gasteiger partial charge in [0.1, 0.15) is 17.4 Å². The van der Waals surface area contributed by atoms with Gasteiger partial charge in [-0.15, -0.1) is 0 Å². The first-order valence-electron chi connectivity index (χ1n) is 8.50.